The summed E-state index contributed by atoms with van der Waals surface area (Å²) >= 11 is 18.3. The summed E-state index contributed by atoms with van der Waals surface area (Å²) in [5.74, 6) is 0.695. The second-order valence-corrected chi connectivity index (χ2v) is 6.48. The van der Waals surface area contributed by atoms with Crippen LogP contribution in [0.15, 0.2) is 35.3 Å². The van der Waals surface area contributed by atoms with Crippen LogP contribution in [0.3, 0.4) is 0 Å². The highest BCUT2D eigenvalue weighted by molar-refractivity contribution is 6.42. The number of hydrogen-bond donors (Lipinski definition) is 2. The van der Waals surface area contributed by atoms with E-state index in [1.165, 1.54) is 24.3 Å². The molecule has 2 aromatic carbocycles. The first-order chi connectivity index (χ1) is 11.9. The first-order valence-corrected chi connectivity index (χ1v) is 8.27. The number of amides is 1. The van der Waals surface area contributed by atoms with E-state index in [4.69, 9.17) is 45.3 Å². The van der Waals surface area contributed by atoms with E-state index >= 15 is 0 Å². The maximum Gasteiger partial charge on any atom is 0.253 e. The number of carbonyl (C=O) groups excluding carboxylic acids is 1. The first kappa shape index (κ1) is 17.7. The van der Waals surface area contributed by atoms with E-state index < -0.39 is 0 Å². The van der Waals surface area contributed by atoms with Gasteiger partial charge in [-0.3, -0.25) is 10.2 Å². The number of halogens is 3. The molecule has 0 atom stereocenters. The minimum absolute atomic E-state index is 0.0488. The van der Waals surface area contributed by atoms with Gasteiger partial charge in [0.1, 0.15) is 23.0 Å². The minimum Gasteiger partial charge on any atom is -0.494 e. The van der Waals surface area contributed by atoms with Crippen LogP contribution in [0.25, 0.3) is 0 Å². The fourth-order valence-electron chi connectivity index (χ4n) is 2.39. The number of nitrogen functional groups attached to an aromatic ring is 1. The van der Waals surface area contributed by atoms with Gasteiger partial charge >= 0.3 is 0 Å². The molecule has 0 bridgehead atoms. The molecule has 2 aromatic rings. The van der Waals surface area contributed by atoms with Crippen molar-refractivity contribution in [1.82, 2.24) is 5.43 Å². The number of nitrogens with one attached hydrogen (secondary N) is 1. The molecule has 1 heterocycles. The molecule has 0 saturated carbocycles. The van der Waals surface area contributed by atoms with Crippen molar-refractivity contribution < 1.29 is 9.53 Å². The Morgan fingerprint density at radius 2 is 1.88 bits per heavy atom. The van der Waals surface area contributed by atoms with Gasteiger partial charge in [0.05, 0.1) is 23.6 Å². The monoisotopic (exact) mass is 398 g/mol. The Balaban J connectivity index is 1.95. The number of hydrazine groups is 1. The molecule has 130 valence electrons. The van der Waals surface area contributed by atoms with E-state index in [1.807, 2.05) is 0 Å². The lowest BCUT2D eigenvalue weighted by Gasteiger charge is -2.19. The fourth-order valence-corrected chi connectivity index (χ4v) is 3.37. The summed E-state index contributed by atoms with van der Waals surface area (Å²) in [7, 11) is 1.53. The van der Waals surface area contributed by atoms with Gasteiger partial charge in [0.25, 0.3) is 5.91 Å². The van der Waals surface area contributed by atoms with E-state index in [2.05, 4.69) is 10.4 Å². The summed E-state index contributed by atoms with van der Waals surface area (Å²) in [4.78, 5) is 16.8. The molecule has 0 aliphatic carbocycles. The Morgan fingerprint density at radius 3 is 2.52 bits per heavy atom. The smallest absolute Gasteiger partial charge is 0.253 e. The SMILES string of the molecule is COc1ccc(N)cc1N=C1CC(=O)N(c2c(Cl)cc(Cl)cc2Cl)N1. The summed E-state index contributed by atoms with van der Waals surface area (Å²) < 4.78 is 5.25. The molecule has 1 saturated heterocycles. The molecule has 25 heavy (non-hydrogen) atoms. The molecule has 0 radical (unpaired) electrons. The highest BCUT2D eigenvalue weighted by Gasteiger charge is 2.30. The summed E-state index contributed by atoms with van der Waals surface area (Å²) in [6.45, 7) is 0. The van der Waals surface area contributed by atoms with Crippen LogP contribution in [-0.4, -0.2) is 18.9 Å². The quantitative estimate of drug-likeness (QED) is 0.758. The van der Waals surface area contributed by atoms with Crippen molar-refractivity contribution >= 4 is 63.6 Å². The lowest BCUT2D eigenvalue weighted by Crippen LogP contribution is -2.36. The van der Waals surface area contributed by atoms with Crippen LogP contribution in [0.2, 0.25) is 15.1 Å². The van der Waals surface area contributed by atoms with Crippen molar-refractivity contribution in [3.05, 3.63) is 45.4 Å². The number of nitrogens with zero attached hydrogens (tertiary/aromatic N) is 2. The van der Waals surface area contributed by atoms with Crippen molar-refractivity contribution in [2.75, 3.05) is 17.9 Å². The highest BCUT2D eigenvalue weighted by atomic mass is 35.5. The van der Waals surface area contributed by atoms with Gasteiger partial charge in [-0.1, -0.05) is 34.8 Å². The fraction of sp³-hybridized carbons (Fsp3) is 0.125. The standard InChI is InChI=1S/C16H13Cl3N4O2/c1-25-13-3-2-9(20)6-12(13)21-14-7-15(24)23(22-14)16-10(18)4-8(17)5-11(16)19/h2-6H,7,20H2,1H3,(H,21,22). The van der Waals surface area contributed by atoms with Gasteiger partial charge in [-0.05, 0) is 30.3 Å². The Labute approximate surface area is 159 Å². The summed E-state index contributed by atoms with van der Waals surface area (Å²) in [6.07, 6.45) is 0.0488. The van der Waals surface area contributed by atoms with Gasteiger partial charge in [0, 0.05) is 10.7 Å². The number of benzene rings is 2. The average Bonchev–Trinajstić information content (AvgIpc) is 2.87. The van der Waals surface area contributed by atoms with Crippen molar-refractivity contribution in [3.63, 3.8) is 0 Å². The molecule has 6 nitrogen and oxygen atoms in total. The number of amidine groups is 1. The number of methoxy groups -OCH3 is 1. The van der Waals surface area contributed by atoms with Gasteiger partial charge in [-0.25, -0.2) is 10.0 Å². The normalized spacial score (nSPS) is 15.6. The van der Waals surface area contributed by atoms with Crippen molar-refractivity contribution in [2.45, 2.75) is 6.42 Å². The van der Waals surface area contributed by atoms with Crippen molar-refractivity contribution in [2.24, 2.45) is 4.99 Å². The lowest BCUT2D eigenvalue weighted by atomic mass is 10.2. The second-order valence-electron chi connectivity index (χ2n) is 5.23. The van der Waals surface area contributed by atoms with Crippen LogP contribution in [-0.2, 0) is 4.79 Å². The molecule has 0 aromatic heterocycles. The number of anilines is 2. The van der Waals surface area contributed by atoms with Crippen LogP contribution in [0.5, 0.6) is 5.75 Å². The van der Waals surface area contributed by atoms with Crippen LogP contribution in [0.4, 0.5) is 17.1 Å². The third-order valence-corrected chi connectivity index (χ3v) is 4.27. The molecule has 3 N–H and O–H groups in total. The van der Waals surface area contributed by atoms with Crippen LogP contribution >= 0.6 is 34.8 Å². The number of hydrogen-bond acceptors (Lipinski definition) is 4. The summed E-state index contributed by atoms with van der Waals surface area (Å²) in [6, 6.07) is 8.08. The van der Waals surface area contributed by atoms with E-state index in [1.54, 1.807) is 18.2 Å². The minimum atomic E-state index is -0.257. The Kier molecular flexibility index (Phi) is 4.94. The molecule has 1 aliphatic rings. The Morgan fingerprint density at radius 1 is 1.20 bits per heavy atom. The number of aliphatic imine (C=N–C) groups is 1. The highest BCUT2D eigenvalue weighted by Crippen LogP contribution is 2.37. The van der Waals surface area contributed by atoms with Crippen LogP contribution in [0, 0.1) is 0 Å². The van der Waals surface area contributed by atoms with E-state index in [-0.39, 0.29) is 22.4 Å². The largest absolute Gasteiger partial charge is 0.494 e. The molecule has 1 amide bonds. The van der Waals surface area contributed by atoms with Crippen molar-refractivity contribution in [1.29, 1.82) is 0 Å². The molecular formula is C16H13Cl3N4O2. The molecular weight excluding hydrogens is 387 g/mol. The third-order valence-electron chi connectivity index (χ3n) is 3.47. The Bertz CT molecular complexity index is 863. The number of ether oxygens (including phenoxy) is 1. The number of rotatable bonds is 3. The van der Waals surface area contributed by atoms with Crippen molar-refractivity contribution in [3.8, 4) is 5.75 Å². The molecule has 9 heteroatoms. The zero-order chi connectivity index (χ0) is 18.1. The van der Waals surface area contributed by atoms with Crippen LogP contribution < -0.4 is 20.9 Å². The summed E-state index contributed by atoms with van der Waals surface area (Å²) in [5, 5.41) is 2.13. The maximum atomic E-state index is 12.4. The predicted molar refractivity (Wildman–Crippen MR) is 101 cm³/mol. The van der Waals surface area contributed by atoms with Gasteiger partial charge in [-0.2, -0.15) is 0 Å². The zero-order valence-electron chi connectivity index (χ0n) is 13.0. The topological polar surface area (TPSA) is 80.0 Å². The summed E-state index contributed by atoms with van der Waals surface area (Å²) in [5.41, 5.74) is 10.1. The van der Waals surface area contributed by atoms with E-state index in [0.717, 1.165) is 0 Å². The third kappa shape index (κ3) is 3.61. The van der Waals surface area contributed by atoms with Gasteiger partial charge in [-0.15, -0.1) is 0 Å². The van der Waals surface area contributed by atoms with Gasteiger partial charge in [0.15, 0.2) is 0 Å². The Hall–Kier alpha value is -2.15. The average molecular weight is 400 g/mol. The number of carbonyl (C=O) groups is 1. The van der Waals surface area contributed by atoms with E-state index in [9.17, 15) is 4.79 Å². The first-order valence-electron chi connectivity index (χ1n) is 7.14. The molecule has 0 spiro atoms. The zero-order valence-corrected chi connectivity index (χ0v) is 15.3. The second kappa shape index (κ2) is 7.00. The lowest BCUT2D eigenvalue weighted by molar-refractivity contribution is -0.116. The maximum absolute atomic E-state index is 12.4. The van der Waals surface area contributed by atoms with Crippen LogP contribution in [0.1, 0.15) is 6.42 Å². The molecule has 3 rings (SSSR count). The molecule has 1 aliphatic heterocycles. The van der Waals surface area contributed by atoms with Gasteiger partial charge < -0.3 is 10.5 Å². The predicted octanol–water partition coefficient (Wildman–Crippen LogP) is 4.21. The van der Waals surface area contributed by atoms with Gasteiger partial charge in [0.2, 0.25) is 0 Å². The van der Waals surface area contributed by atoms with E-state index in [0.29, 0.717) is 33.7 Å². The number of nitrogens with two attached hydrogens (primary N) is 1. The molecule has 1 fully saturated rings. The molecule has 0 unspecified atom stereocenters.